The van der Waals surface area contributed by atoms with E-state index >= 15 is 0 Å². The van der Waals surface area contributed by atoms with Crippen molar-refractivity contribution >= 4 is 23.2 Å². The van der Waals surface area contributed by atoms with Crippen molar-refractivity contribution in [1.82, 2.24) is 0 Å². The molecule has 1 fully saturated rings. The third kappa shape index (κ3) is 2.00. The Balaban J connectivity index is 2.30. The molecular weight excluding hydrogens is 210 g/mol. The lowest BCUT2D eigenvalue weighted by Gasteiger charge is -2.31. The maximum Gasteiger partial charge on any atom is 0.229 e. The molecule has 1 heterocycles. The fourth-order valence-electron chi connectivity index (χ4n) is 1.97. The maximum absolute atomic E-state index is 11.9. The molecule has 1 amide bonds. The average molecular weight is 224 g/mol. The zero-order chi connectivity index (χ0) is 10.8. The van der Waals surface area contributed by atoms with Crippen LogP contribution >= 0.6 is 11.6 Å². The van der Waals surface area contributed by atoms with Gasteiger partial charge in [0.05, 0.1) is 10.7 Å². The van der Waals surface area contributed by atoms with Crippen LogP contribution in [-0.2, 0) is 4.79 Å². The molecule has 1 aliphatic rings. The monoisotopic (exact) mass is 223 g/mol. The molecule has 3 heteroatoms. The number of halogens is 1. The van der Waals surface area contributed by atoms with Gasteiger partial charge in [-0.3, -0.25) is 4.79 Å². The summed E-state index contributed by atoms with van der Waals surface area (Å²) in [5.41, 5.74) is 0.843. The molecule has 1 aromatic carbocycles. The summed E-state index contributed by atoms with van der Waals surface area (Å²) in [7, 11) is 0. The topological polar surface area (TPSA) is 20.3 Å². The van der Waals surface area contributed by atoms with Crippen molar-refractivity contribution in [2.75, 3.05) is 11.4 Å². The Kier molecular flexibility index (Phi) is 2.96. The second-order valence-electron chi connectivity index (χ2n) is 3.98. The Morgan fingerprint density at radius 3 is 2.87 bits per heavy atom. The van der Waals surface area contributed by atoms with E-state index in [0.717, 1.165) is 25.1 Å². The van der Waals surface area contributed by atoms with Crippen molar-refractivity contribution in [3.8, 4) is 0 Å². The Bertz CT molecular complexity index is 378. The summed E-state index contributed by atoms with van der Waals surface area (Å²) in [5, 5.41) is 0.653. The Hall–Kier alpha value is -1.02. The van der Waals surface area contributed by atoms with Crippen LogP contribution in [0.3, 0.4) is 0 Å². The van der Waals surface area contributed by atoms with Crippen molar-refractivity contribution in [1.29, 1.82) is 0 Å². The van der Waals surface area contributed by atoms with E-state index in [1.165, 1.54) is 0 Å². The molecule has 2 rings (SSSR count). The highest BCUT2D eigenvalue weighted by Crippen LogP contribution is 2.29. The molecule has 0 bridgehead atoms. The van der Waals surface area contributed by atoms with Gasteiger partial charge in [-0.1, -0.05) is 30.7 Å². The molecule has 15 heavy (non-hydrogen) atoms. The predicted molar refractivity (Wildman–Crippen MR) is 62.2 cm³/mol. The van der Waals surface area contributed by atoms with Gasteiger partial charge in [-0.05, 0) is 25.0 Å². The molecule has 0 saturated carbocycles. The number of amides is 1. The van der Waals surface area contributed by atoms with Gasteiger partial charge in [0, 0.05) is 12.5 Å². The zero-order valence-electron chi connectivity index (χ0n) is 8.74. The number of anilines is 1. The van der Waals surface area contributed by atoms with E-state index in [1.807, 2.05) is 31.2 Å². The molecule has 0 unspecified atom stereocenters. The van der Waals surface area contributed by atoms with Gasteiger partial charge in [0.2, 0.25) is 5.91 Å². The first-order valence-corrected chi connectivity index (χ1v) is 5.64. The van der Waals surface area contributed by atoms with Gasteiger partial charge < -0.3 is 4.90 Å². The standard InChI is InChI=1S/C12H14ClNO/c1-9-5-4-8-14(12(9)15)11-7-3-2-6-10(11)13/h2-3,6-7,9H,4-5,8H2,1H3/t9-/m1/s1. The zero-order valence-corrected chi connectivity index (χ0v) is 9.50. The largest absolute Gasteiger partial charge is 0.311 e. The van der Waals surface area contributed by atoms with Crippen LogP contribution in [-0.4, -0.2) is 12.5 Å². The van der Waals surface area contributed by atoms with Crippen molar-refractivity contribution in [3.05, 3.63) is 29.3 Å². The number of nitrogens with zero attached hydrogens (tertiary/aromatic N) is 1. The number of piperidine rings is 1. The minimum atomic E-state index is 0.120. The number of para-hydroxylation sites is 1. The molecule has 0 aliphatic carbocycles. The normalized spacial score (nSPS) is 21.9. The van der Waals surface area contributed by atoms with Gasteiger partial charge in [0.1, 0.15) is 0 Å². The van der Waals surface area contributed by atoms with Crippen molar-refractivity contribution < 1.29 is 4.79 Å². The van der Waals surface area contributed by atoms with E-state index < -0.39 is 0 Å². The van der Waals surface area contributed by atoms with Gasteiger partial charge in [0.25, 0.3) is 0 Å². The van der Waals surface area contributed by atoms with Crippen molar-refractivity contribution in [3.63, 3.8) is 0 Å². The van der Waals surface area contributed by atoms with Crippen LogP contribution in [0.2, 0.25) is 5.02 Å². The number of carbonyl (C=O) groups is 1. The molecule has 0 radical (unpaired) electrons. The predicted octanol–water partition coefficient (Wildman–Crippen LogP) is 3.10. The molecular formula is C12H14ClNO. The summed E-state index contributed by atoms with van der Waals surface area (Å²) >= 11 is 6.08. The molecule has 1 aromatic rings. The SMILES string of the molecule is C[C@@H]1CCCN(c2ccccc2Cl)C1=O. The Morgan fingerprint density at radius 2 is 2.13 bits per heavy atom. The summed E-state index contributed by atoms with van der Waals surface area (Å²) < 4.78 is 0. The number of hydrogen-bond donors (Lipinski definition) is 0. The van der Waals surface area contributed by atoms with Crippen LogP contribution in [0, 0.1) is 5.92 Å². The third-order valence-corrected chi connectivity index (χ3v) is 3.17. The fourth-order valence-corrected chi connectivity index (χ4v) is 2.20. The highest BCUT2D eigenvalue weighted by atomic mass is 35.5. The summed E-state index contributed by atoms with van der Waals surface area (Å²) in [6.45, 7) is 2.76. The first kappa shape index (κ1) is 10.5. The van der Waals surface area contributed by atoms with Crippen LogP contribution < -0.4 is 4.90 Å². The van der Waals surface area contributed by atoms with Gasteiger partial charge in [-0.25, -0.2) is 0 Å². The number of carbonyl (C=O) groups excluding carboxylic acids is 1. The minimum absolute atomic E-state index is 0.120. The first-order chi connectivity index (χ1) is 7.20. The molecule has 0 aromatic heterocycles. The molecule has 80 valence electrons. The van der Waals surface area contributed by atoms with Crippen molar-refractivity contribution in [2.24, 2.45) is 5.92 Å². The highest BCUT2D eigenvalue weighted by Gasteiger charge is 2.26. The van der Waals surface area contributed by atoms with Crippen molar-refractivity contribution in [2.45, 2.75) is 19.8 Å². The van der Waals surface area contributed by atoms with Gasteiger partial charge in [0.15, 0.2) is 0 Å². The second-order valence-corrected chi connectivity index (χ2v) is 4.39. The Labute approximate surface area is 94.8 Å². The van der Waals surface area contributed by atoms with Gasteiger partial charge >= 0.3 is 0 Å². The van der Waals surface area contributed by atoms with E-state index in [1.54, 1.807) is 4.90 Å². The molecule has 1 aliphatic heterocycles. The molecule has 2 nitrogen and oxygen atoms in total. The smallest absolute Gasteiger partial charge is 0.229 e. The van der Waals surface area contributed by atoms with E-state index in [-0.39, 0.29) is 11.8 Å². The van der Waals surface area contributed by atoms with E-state index in [4.69, 9.17) is 11.6 Å². The lowest BCUT2D eigenvalue weighted by molar-refractivity contribution is -0.123. The fraction of sp³-hybridized carbons (Fsp3) is 0.417. The number of benzene rings is 1. The summed E-state index contributed by atoms with van der Waals surface area (Å²) in [4.78, 5) is 13.7. The molecule has 1 atom stereocenters. The summed E-state index contributed by atoms with van der Waals surface area (Å²) in [5.74, 6) is 0.310. The average Bonchev–Trinajstić information content (AvgIpc) is 2.23. The highest BCUT2D eigenvalue weighted by molar-refractivity contribution is 6.33. The summed E-state index contributed by atoms with van der Waals surface area (Å²) in [6.07, 6.45) is 2.04. The Morgan fingerprint density at radius 1 is 1.40 bits per heavy atom. The summed E-state index contributed by atoms with van der Waals surface area (Å²) in [6, 6.07) is 7.51. The lowest BCUT2D eigenvalue weighted by Crippen LogP contribution is -2.40. The van der Waals surface area contributed by atoms with Gasteiger partial charge in [-0.15, -0.1) is 0 Å². The van der Waals surface area contributed by atoms with Crippen LogP contribution in [0.4, 0.5) is 5.69 Å². The number of rotatable bonds is 1. The molecule has 0 spiro atoms. The quantitative estimate of drug-likeness (QED) is 0.717. The lowest BCUT2D eigenvalue weighted by atomic mass is 9.98. The van der Waals surface area contributed by atoms with Crippen LogP contribution in [0.1, 0.15) is 19.8 Å². The minimum Gasteiger partial charge on any atom is -0.311 e. The number of hydrogen-bond acceptors (Lipinski definition) is 1. The van der Waals surface area contributed by atoms with E-state index in [0.29, 0.717) is 5.02 Å². The van der Waals surface area contributed by atoms with Crippen LogP contribution in [0.25, 0.3) is 0 Å². The molecule has 1 saturated heterocycles. The van der Waals surface area contributed by atoms with Crippen LogP contribution in [0.15, 0.2) is 24.3 Å². The third-order valence-electron chi connectivity index (χ3n) is 2.85. The van der Waals surface area contributed by atoms with E-state index in [2.05, 4.69) is 0 Å². The molecule has 0 N–H and O–H groups in total. The first-order valence-electron chi connectivity index (χ1n) is 5.26. The maximum atomic E-state index is 11.9. The van der Waals surface area contributed by atoms with Gasteiger partial charge in [-0.2, -0.15) is 0 Å². The van der Waals surface area contributed by atoms with E-state index in [9.17, 15) is 4.79 Å². The second kappa shape index (κ2) is 4.23. The van der Waals surface area contributed by atoms with Crippen LogP contribution in [0.5, 0.6) is 0 Å².